The van der Waals surface area contributed by atoms with E-state index in [4.69, 9.17) is 14.7 Å². The van der Waals surface area contributed by atoms with Crippen molar-refractivity contribution in [3.8, 4) is 17.7 Å². The van der Waals surface area contributed by atoms with Crippen LogP contribution in [0.4, 0.5) is 0 Å². The molecule has 0 unspecified atom stereocenters. The monoisotopic (exact) mass is 286 g/mol. The Morgan fingerprint density at radius 2 is 2.24 bits per heavy atom. The number of benzene rings is 1. The van der Waals surface area contributed by atoms with Gasteiger partial charge in [0, 0.05) is 17.2 Å². The van der Waals surface area contributed by atoms with E-state index in [1.54, 1.807) is 25.1 Å². The Kier molecular flexibility index (Phi) is 4.46. The summed E-state index contributed by atoms with van der Waals surface area (Å²) in [5.74, 6) is 5.50. The van der Waals surface area contributed by atoms with Gasteiger partial charge in [0.2, 0.25) is 5.88 Å². The molecule has 0 bridgehead atoms. The second-order valence-electron chi connectivity index (χ2n) is 4.06. The van der Waals surface area contributed by atoms with Gasteiger partial charge in [0.15, 0.2) is 0 Å². The van der Waals surface area contributed by atoms with Crippen molar-refractivity contribution >= 4 is 5.97 Å². The van der Waals surface area contributed by atoms with E-state index >= 15 is 0 Å². The molecular weight excluding hydrogens is 272 g/mol. The summed E-state index contributed by atoms with van der Waals surface area (Å²) in [6.45, 7) is 1.80. The number of esters is 1. The number of hydrogen-bond acceptors (Lipinski definition) is 5. The van der Waals surface area contributed by atoms with Crippen LogP contribution >= 0.6 is 0 Å². The van der Waals surface area contributed by atoms with Gasteiger partial charge >= 0.3 is 5.97 Å². The van der Waals surface area contributed by atoms with E-state index < -0.39 is 5.97 Å². The third-order valence-electron chi connectivity index (χ3n) is 2.76. The van der Waals surface area contributed by atoms with Crippen LogP contribution in [0.1, 0.15) is 28.4 Å². The topological polar surface area (TPSA) is 73.6 Å². The summed E-state index contributed by atoms with van der Waals surface area (Å²) in [4.78, 5) is 12.5. The minimum absolute atomic E-state index is 0.0896. The molecule has 0 aliphatic rings. The van der Waals surface area contributed by atoms with Gasteiger partial charge in [0.05, 0.1) is 18.9 Å². The molecule has 1 heterocycles. The number of ether oxygens (including phenoxy) is 2. The summed E-state index contributed by atoms with van der Waals surface area (Å²) in [5.41, 5.74) is 1.69. The van der Waals surface area contributed by atoms with Gasteiger partial charge in [-0.2, -0.15) is 0 Å². The van der Waals surface area contributed by atoms with Gasteiger partial charge in [-0.05, 0) is 19.1 Å². The zero-order valence-corrected chi connectivity index (χ0v) is 11.7. The van der Waals surface area contributed by atoms with Crippen LogP contribution in [0.25, 0.3) is 0 Å². The first-order valence-corrected chi connectivity index (χ1v) is 6.16. The van der Waals surface area contributed by atoms with E-state index in [1.807, 2.05) is 0 Å². The minimum Gasteiger partial charge on any atom is -0.472 e. The lowest BCUT2D eigenvalue weighted by molar-refractivity contribution is 0.0597. The van der Waals surface area contributed by atoms with Crippen LogP contribution in [0, 0.1) is 11.8 Å². The molecular formula is C15H14N2O4. The van der Waals surface area contributed by atoms with Gasteiger partial charge < -0.3 is 14.7 Å². The molecule has 2 aromatic rings. The highest BCUT2D eigenvalue weighted by Crippen LogP contribution is 2.18. The molecule has 0 atom stereocenters. The van der Waals surface area contributed by atoms with Crippen molar-refractivity contribution in [2.24, 2.45) is 0 Å². The normalized spacial score (nSPS) is 9.62. The Balaban J connectivity index is 2.33. The Morgan fingerprint density at radius 3 is 2.86 bits per heavy atom. The molecule has 2 rings (SSSR count). The van der Waals surface area contributed by atoms with Crippen molar-refractivity contribution in [2.75, 3.05) is 7.11 Å². The molecule has 6 nitrogen and oxygen atoms in total. The molecule has 21 heavy (non-hydrogen) atoms. The van der Waals surface area contributed by atoms with Crippen LogP contribution in [0.3, 0.4) is 0 Å². The molecule has 1 aromatic carbocycles. The summed E-state index contributed by atoms with van der Waals surface area (Å²) >= 11 is 0. The highest BCUT2D eigenvalue weighted by atomic mass is 16.5. The van der Waals surface area contributed by atoms with Crippen LogP contribution in [-0.4, -0.2) is 28.2 Å². The molecule has 0 amide bonds. The first kappa shape index (κ1) is 14.5. The maximum atomic E-state index is 11.8. The molecule has 108 valence electrons. The van der Waals surface area contributed by atoms with Crippen molar-refractivity contribution < 1.29 is 19.5 Å². The highest BCUT2D eigenvalue weighted by molar-refractivity contribution is 5.91. The molecule has 0 aliphatic carbocycles. The van der Waals surface area contributed by atoms with Crippen molar-refractivity contribution in [2.45, 2.75) is 13.5 Å². The number of carbonyl (C=O) groups is 1. The molecule has 0 saturated heterocycles. The molecule has 1 aromatic heterocycles. The van der Waals surface area contributed by atoms with Gasteiger partial charge in [0.1, 0.15) is 6.61 Å². The van der Waals surface area contributed by atoms with E-state index in [0.717, 1.165) is 0 Å². The van der Waals surface area contributed by atoms with E-state index in [1.165, 1.54) is 19.4 Å². The number of nitrogens with zero attached hydrogens (tertiary/aromatic N) is 2. The summed E-state index contributed by atoms with van der Waals surface area (Å²) < 4.78 is 10.2. The largest absolute Gasteiger partial charge is 0.472 e. The van der Waals surface area contributed by atoms with Crippen LogP contribution in [0.5, 0.6) is 5.88 Å². The fourth-order valence-corrected chi connectivity index (χ4v) is 1.82. The fourth-order valence-electron chi connectivity index (χ4n) is 1.82. The molecule has 0 spiro atoms. The number of methoxy groups -OCH3 is 1. The van der Waals surface area contributed by atoms with E-state index in [2.05, 4.69) is 16.9 Å². The second kappa shape index (κ2) is 6.48. The molecule has 0 saturated carbocycles. The zero-order valence-electron chi connectivity index (χ0n) is 11.7. The predicted molar refractivity (Wildman–Crippen MR) is 74.1 cm³/mol. The lowest BCUT2D eigenvalue weighted by atomic mass is 10.0. The van der Waals surface area contributed by atoms with Crippen LogP contribution in [0.2, 0.25) is 0 Å². The van der Waals surface area contributed by atoms with Gasteiger partial charge in [-0.3, -0.25) is 0 Å². The van der Waals surface area contributed by atoms with Crippen molar-refractivity contribution in [1.82, 2.24) is 9.94 Å². The highest BCUT2D eigenvalue weighted by Gasteiger charge is 2.15. The second-order valence-corrected chi connectivity index (χ2v) is 4.06. The Labute approximate surface area is 121 Å². The lowest BCUT2D eigenvalue weighted by Gasteiger charge is -2.10. The third kappa shape index (κ3) is 3.34. The predicted octanol–water partition coefficient (Wildman–Crippen LogP) is 1.86. The summed E-state index contributed by atoms with van der Waals surface area (Å²) in [7, 11) is 1.32. The number of hydrogen-bond donors (Lipinski definition) is 1. The summed E-state index contributed by atoms with van der Waals surface area (Å²) in [6.07, 6.45) is 1.34. The van der Waals surface area contributed by atoms with Crippen LogP contribution in [0.15, 0.2) is 30.5 Å². The number of aromatic nitrogens is 2. The van der Waals surface area contributed by atoms with Crippen molar-refractivity contribution in [3.63, 3.8) is 0 Å². The molecule has 0 radical (unpaired) electrons. The van der Waals surface area contributed by atoms with Crippen molar-refractivity contribution in [3.05, 3.63) is 47.2 Å². The minimum atomic E-state index is -0.457. The number of carbonyl (C=O) groups excluding carboxylic acids is 1. The van der Waals surface area contributed by atoms with Crippen LogP contribution in [-0.2, 0) is 11.3 Å². The third-order valence-corrected chi connectivity index (χ3v) is 2.76. The van der Waals surface area contributed by atoms with Gasteiger partial charge in [0.25, 0.3) is 0 Å². The van der Waals surface area contributed by atoms with Crippen molar-refractivity contribution in [1.29, 1.82) is 0 Å². The summed E-state index contributed by atoms with van der Waals surface area (Å²) in [6, 6.07) is 6.69. The van der Waals surface area contributed by atoms with E-state index in [9.17, 15) is 4.79 Å². The maximum Gasteiger partial charge on any atom is 0.338 e. The SMILES string of the molecule is CC#Cc1cccc(C(=O)OC)c1COc1ccn(O)n1. The van der Waals surface area contributed by atoms with Gasteiger partial charge in [-0.15, -0.1) is 10.8 Å². The maximum absolute atomic E-state index is 11.8. The number of rotatable bonds is 4. The Morgan fingerprint density at radius 1 is 1.43 bits per heavy atom. The zero-order chi connectivity index (χ0) is 15.2. The van der Waals surface area contributed by atoms with E-state index in [0.29, 0.717) is 21.5 Å². The average molecular weight is 286 g/mol. The Hall–Kier alpha value is -2.94. The molecule has 0 fully saturated rings. The standard InChI is InChI=1S/C15H14N2O4/c1-3-5-11-6-4-7-12(15(18)20-2)13(11)10-21-14-8-9-17(19)16-14/h4,6-9,19H,10H2,1-2H3. The Bertz CT molecular complexity index is 710. The quantitative estimate of drug-likeness (QED) is 0.527. The van der Waals surface area contributed by atoms with Gasteiger partial charge in [-0.25, -0.2) is 4.79 Å². The van der Waals surface area contributed by atoms with Gasteiger partial charge in [-0.1, -0.05) is 17.1 Å². The first-order chi connectivity index (χ1) is 10.2. The average Bonchev–Trinajstić information content (AvgIpc) is 2.91. The molecule has 1 N–H and O–H groups in total. The fraction of sp³-hybridized carbons (Fsp3) is 0.200. The molecule has 6 heteroatoms. The molecule has 0 aliphatic heterocycles. The lowest BCUT2D eigenvalue weighted by Crippen LogP contribution is -2.10. The van der Waals surface area contributed by atoms with E-state index in [-0.39, 0.29) is 12.5 Å². The van der Waals surface area contributed by atoms with Crippen LogP contribution < -0.4 is 4.74 Å². The summed E-state index contributed by atoms with van der Waals surface area (Å²) in [5, 5.41) is 12.8. The smallest absolute Gasteiger partial charge is 0.338 e. The first-order valence-electron chi connectivity index (χ1n) is 6.16.